The van der Waals surface area contributed by atoms with Crippen LogP contribution in [0.2, 0.25) is 0 Å². The number of epoxide rings is 1. The molecule has 0 unspecified atom stereocenters. The maximum Gasteiger partial charge on any atom is 0.339 e. The number of esters is 2. The predicted octanol–water partition coefficient (Wildman–Crippen LogP) is 2.44. The van der Waals surface area contributed by atoms with Crippen molar-refractivity contribution in [3.8, 4) is 0 Å². The van der Waals surface area contributed by atoms with Crippen molar-refractivity contribution in [3.05, 3.63) is 48.5 Å². The summed E-state index contributed by atoms with van der Waals surface area (Å²) in [5.74, 6) is -2.05. The van der Waals surface area contributed by atoms with Gasteiger partial charge in [-0.25, -0.2) is 4.79 Å². The second-order valence-electron chi connectivity index (χ2n) is 13.7. The molecular formula is C30H30O9. The molecule has 2 saturated carbocycles. The van der Waals surface area contributed by atoms with Gasteiger partial charge in [-0.2, -0.15) is 0 Å². The van der Waals surface area contributed by atoms with Gasteiger partial charge in [0.2, 0.25) is 0 Å². The molecule has 1 N–H and O–H groups in total. The third-order valence-corrected chi connectivity index (χ3v) is 12.4. The van der Waals surface area contributed by atoms with Crippen LogP contribution in [0.1, 0.15) is 45.3 Å². The van der Waals surface area contributed by atoms with Gasteiger partial charge in [-0.1, -0.05) is 31.2 Å². The molecule has 12 atom stereocenters. The Morgan fingerprint density at radius 3 is 2.62 bits per heavy atom. The number of allylic oxidation sites excluding steroid dienone is 3. The molecule has 39 heavy (non-hydrogen) atoms. The number of hydrogen-bond acceptors (Lipinski definition) is 9. The van der Waals surface area contributed by atoms with Gasteiger partial charge < -0.3 is 28.5 Å². The van der Waals surface area contributed by atoms with Gasteiger partial charge in [-0.15, -0.1) is 0 Å². The number of ketones is 1. The Bertz CT molecular complexity index is 1440. The average Bonchev–Trinajstić information content (AvgIpc) is 3.42. The molecule has 5 bridgehead atoms. The highest BCUT2D eigenvalue weighted by molar-refractivity contribution is 5.98. The first-order valence-corrected chi connectivity index (χ1v) is 13.9. The van der Waals surface area contributed by atoms with E-state index in [2.05, 4.69) is 19.1 Å². The number of Topliss-reactive ketones (excluding diaryl/α,β-unsaturated/α-hetero) is 1. The van der Waals surface area contributed by atoms with Crippen LogP contribution in [0.25, 0.3) is 0 Å². The number of carbonyl (C=O) groups is 3. The van der Waals surface area contributed by atoms with E-state index in [4.69, 9.17) is 23.4 Å². The fourth-order valence-electron chi connectivity index (χ4n) is 11.5. The summed E-state index contributed by atoms with van der Waals surface area (Å²) in [6.07, 6.45) is 8.40. The van der Waals surface area contributed by atoms with Crippen LogP contribution in [-0.2, 0) is 33.3 Å². The van der Waals surface area contributed by atoms with Gasteiger partial charge >= 0.3 is 11.9 Å². The highest BCUT2D eigenvalue weighted by Gasteiger charge is 2.96. The van der Waals surface area contributed by atoms with Crippen molar-refractivity contribution in [2.24, 2.45) is 39.4 Å². The number of aliphatic hydroxyl groups is 1. The fraction of sp³-hybridized carbons (Fsp3) is 0.633. The Morgan fingerprint density at radius 2 is 1.85 bits per heavy atom. The lowest BCUT2D eigenvalue weighted by Crippen LogP contribution is -2.82. The molecule has 1 aromatic rings. The van der Waals surface area contributed by atoms with Gasteiger partial charge in [-0.05, 0) is 38.2 Å². The molecule has 4 aliphatic heterocycles. The standard InChI is InChI=1S/C30H30O9/c1-25(2)28-8-6-16-5-4-14-11-26(3)22(15-7-9-35-12-15)37-24(34)23-30(26,39-23)29(16,21(33)20(28)32)19(14)27(28)13-36-18(31)10-17(27)38-25/h4-9,12,14,16-17,19,21-23,33H,10-11,13H2,1-3H3/t14-,16-,17+,19-,21-,22+,23-,26+,27+,28-,29+,30+/m1/s1. The van der Waals surface area contributed by atoms with E-state index in [-0.39, 0.29) is 42.5 Å². The van der Waals surface area contributed by atoms with Crippen LogP contribution >= 0.6 is 0 Å². The average molecular weight is 535 g/mol. The lowest BCUT2D eigenvalue weighted by Gasteiger charge is -2.72. The van der Waals surface area contributed by atoms with Crippen molar-refractivity contribution in [2.45, 2.75) is 69.2 Å². The Balaban J connectivity index is 1.38. The van der Waals surface area contributed by atoms with Gasteiger partial charge in [0.15, 0.2) is 11.9 Å². The minimum atomic E-state index is -1.43. The molecule has 9 heteroatoms. The molecule has 0 amide bonds. The lowest BCUT2D eigenvalue weighted by atomic mass is 9.29. The summed E-state index contributed by atoms with van der Waals surface area (Å²) in [5.41, 5.74) is -5.57. The van der Waals surface area contributed by atoms with E-state index < -0.39 is 63.2 Å². The van der Waals surface area contributed by atoms with Crippen LogP contribution in [0.4, 0.5) is 0 Å². The summed E-state index contributed by atoms with van der Waals surface area (Å²) in [4.78, 5) is 41.1. The van der Waals surface area contributed by atoms with Crippen molar-refractivity contribution in [3.63, 3.8) is 0 Å². The van der Waals surface area contributed by atoms with Crippen LogP contribution in [-0.4, -0.2) is 58.9 Å². The van der Waals surface area contributed by atoms with Crippen molar-refractivity contribution in [2.75, 3.05) is 6.61 Å². The minimum Gasteiger partial charge on any atom is -0.472 e. The summed E-state index contributed by atoms with van der Waals surface area (Å²) in [5, 5.41) is 12.5. The summed E-state index contributed by atoms with van der Waals surface area (Å²) in [7, 11) is 0. The number of ether oxygens (including phenoxy) is 4. The molecule has 5 heterocycles. The molecule has 4 saturated heterocycles. The second-order valence-corrected chi connectivity index (χ2v) is 13.7. The van der Waals surface area contributed by atoms with Gasteiger partial charge in [0.25, 0.3) is 0 Å². The van der Waals surface area contributed by atoms with Crippen molar-refractivity contribution < 1.29 is 42.9 Å². The maximum absolute atomic E-state index is 14.9. The molecule has 1 aromatic heterocycles. The minimum absolute atomic E-state index is 0.0132. The zero-order valence-corrected chi connectivity index (χ0v) is 21.9. The SMILES string of the molecule is CC1(C)O[C@H]2CC(=O)OC[C@@]23[C@H]2[C@@H]4C=C[C@@H]5C=C[C@@]13C(=O)[C@@H](O)[C@]52[C@]12O[C@@H]1C(=O)O[C@@H](c1ccoc1)[C@]2(C)C4. The highest BCUT2D eigenvalue weighted by atomic mass is 16.7. The molecular weight excluding hydrogens is 504 g/mol. The first-order chi connectivity index (χ1) is 18.5. The smallest absolute Gasteiger partial charge is 0.339 e. The number of furan rings is 1. The summed E-state index contributed by atoms with van der Waals surface area (Å²) < 4.78 is 30.5. The van der Waals surface area contributed by atoms with E-state index in [1.54, 1.807) is 18.6 Å². The molecule has 204 valence electrons. The molecule has 6 fully saturated rings. The van der Waals surface area contributed by atoms with Gasteiger partial charge in [0.05, 0.1) is 46.9 Å². The quantitative estimate of drug-likeness (QED) is 0.329. The highest BCUT2D eigenvalue weighted by Crippen LogP contribution is 2.86. The topological polar surface area (TPSA) is 125 Å². The molecule has 4 spiro atoms. The first-order valence-electron chi connectivity index (χ1n) is 13.9. The van der Waals surface area contributed by atoms with Gasteiger partial charge in [-0.3, -0.25) is 9.59 Å². The molecule has 0 radical (unpaired) electrons. The van der Waals surface area contributed by atoms with E-state index >= 15 is 0 Å². The molecule has 0 aromatic carbocycles. The van der Waals surface area contributed by atoms with E-state index in [1.807, 2.05) is 26.0 Å². The summed E-state index contributed by atoms with van der Waals surface area (Å²) >= 11 is 0. The van der Waals surface area contributed by atoms with E-state index in [1.165, 1.54) is 0 Å². The van der Waals surface area contributed by atoms with Crippen LogP contribution in [0.15, 0.2) is 47.3 Å². The number of rotatable bonds is 1. The summed E-state index contributed by atoms with van der Waals surface area (Å²) in [6, 6.07) is 1.79. The lowest BCUT2D eigenvalue weighted by molar-refractivity contribution is -0.283. The second kappa shape index (κ2) is 6.26. The third-order valence-electron chi connectivity index (χ3n) is 12.4. The number of fused-ring (bicyclic) bond motifs is 1. The van der Waals surface area contributed by atoms with Crippen LogP contribution in [0.3, 0.4) is 0 Å². The van der Waals surface area contributed by atoms with Crippen LogP contribution in [0.5, 0.6) is 0 Å². The van der Waals surface area contributed by atoms with Crippen LogP contribution in [0, 0.1) is 39.4 Å². The Kier molecular flexibility index (Phi) is 3.69. The van der Waals surface area contributed by atoms with E-state index in [9.17, 15) is 19.5 Å². The largest absolute Gasteiger partial charge is 0.472 e. The summed E-state index contributed by atoms with van der Waals surface area (Å²) in [6.45, 7) is 5.84. The number of cyclic esters (lactones) is 2. The normalized spacial score (nSPS) is 56.5. The van der Waals surface area contributed by atoms with Gasteiger partial charge in [0.1, 0.15) is 24.4 Å². The Hall–Kier alpha value is -2.75. The molecule has 9 nitrogen and oxygen atoms in total. The number of aliphatic hydroxyl groups excluding tert-OH is 1. The molecule has 9 aliphatic rings. The number of carbonyl (C=O) groups excluding carboxylic acids is 3. The number of hydrogen-bond donors (Lipinski definition) is 1. The first kappa shape index (κ1) is 23.0. The zero-order valence-electron chi connectivity index (χ0n) is 21.9. The van der Waals surface area contributed by atoms with Crippen molar-refractivity contribution in [1.82, 2.24) is 0 Å². The van der Waals surface area contributed by atoms with E-state index in [0.29, 0.717) is 6.42 Å². The monoisotopic (exact) mass is 534 g/mol. The fourth-order valence-corrected chi connectivity index (χ4v) is 11.5. The third kappa shape index (κ3) is 1.93. The molecule has 10 rings (SSSR count). The van der Waals surface area contributed by atoms with Crippen molar-refractivity contribution in [1.29, 1.82) is 0 Å². The zero-order chi connectivity index (χ0) is 27.0. The predicted molar refractivity (Wildman–Crippen MR) is 129 cm³/mol. The Morgan fingerprint density at radius 1 is 1.03 bits per heavy atom. The van der Waals surface area contributed by atoms with Crippen molar-refractivity contribution >= 4 is 17.7 Å². The molecule has 5 aliphatic carbocycles. The van der Waals surface area contributed by atoms with Gasteiger partial charge in [0, 0.05) is 16.9 Å². The van der Waals surface area contributed by atoms with E-state index in [0.717, 1.165) is 5.56 Å². The van der Waals surface area contributed by atoms with Crippen LogP contribution < -0.4 is 0 Å². The maximum atomic E-state index is 14.9. The Labute approximate surface area is 224 Å².